The van der Waals surface area contributed by atoms with Gasteiger partial charge in [0.1, 0.15) is 11.5 Å². The number of carbonyl (C=O) groups is 1. The monoisotopic (exact) mass is 384 g/mol. The number of nitrogens with one attached hydrogen (secondary N) is 2. The molecule has 2 N–H and O–H groups in total. The fraction of sp³-hybridized carbons (Fsp3) is 0.211. The second-order valence-corrected chi connectivity index (χ2v) is 6.68. The molecule has 1 heterocycles. The lowest BCUT2D eigenvalue weighted by molar-refractivity contribution is -0.113. The van der Waals surface area contributed by atoms with Crippen molar-refractivity contribution in [2.24, 2.45) is 0 Å². The lowest BCUT2D eigenvalue weighted by Crippen LogP contribution is -2.14. The van der Waals surface area contributed by atoms with Crippen LogP contribution in [0.3, 0.4) is 0 Å². The summed E-state index contributed by atoms with van der Waals surface area (Å²) >= 11 is 1.26. The Bertz CT molecular complexity index is 925. The number of nitrogens with zero attached hydrogens (tertiary/aromatic N) is 2. The number of H-pyrrole nitrogens is 1. The molecule has 0 saturated heterocycles. The largest absolute Gasteiger partial charge is 0.497 e. The normalized spacial score (nSPS) is 10.5. The van der Waals surface area contributed by atoms with Gasteiger partial charge in [0, 0.05) is 11.6 Å². The van der Waals surface area contributed by atoms with E-state index >= 15 is 0 Å². The summed E-state index contributed by atoms with van der Waals surface area (Å²) in [6, 6.07) is 13.2. The van der Waals surface area contributed by atoms with Crippen molar-refractivity contribution >= 4 is 23.4 Å². The number of methoxy groups -OCH3 is 2. The second-order valence-electron chi connectivity index (χ2n) is 5.74. The molecule has 0 aliphatic carbocycles. The molecule has 3 aromatic rings. The fourth-order valence-corrected chi connectivity index (χ4v) is 2.97. The van der Waals surface area contributed by atoms with Crippen LogP contribution in [0.15, 0.2) is 47.6 Å². The number of hydrogen-bond acceptors (Lipinski definition) is 6. The summed E-state index contributed by atoms with van der Waals surface area (Å²) in [4.78, 5) is 16.7. The molecular formula is C19H20N4O3S. The molecule has 27 heavy (non-hydrogen) atoms. The van der Waals surface area contributed by atoms with Crippen molar-refractivity contribution in [3.8, 4) is 22.9 Å². The van der Waals surface area contributed by atoms with Crippen molar-refractivity contribution in [3.63, 3.8) is 0 Å². The summed E-state index contributed by atoms with van der Waals surface area (Å²) in [7, 11) is 3.12. The number of amides is 1. The molecule has 8 heteroatoms. The molecule has 0 unspecified atom stereocenters. The molecule has 0 spiro atoms. The number of aryl methyl sites for hydroxylation is 1. The first kappa shape index (κ1) is 18.8. The summed E-state index contributed by atoms with van der Waals surface area (Å²) in [5, 5.41) is 10.4. The van der Waals surface area contributed by atoms with Gasteiger partial charge >= 0.3 is 0 Å². The standard InChI is InChI=1S/C19H20N4O3S/c1-12-4-6-13(7-5-12)18-21-19(23-22-18)27-11-17(24)20-15-9-8-14(25-2)10-16(15)26-3/h4-10H,11H2,1-3H3,(H,20,24)(H,21,22,23). The highest BCUT2D eigenvalue weighted by atomic mass is 32.2. The number of aromatic nitrogens is 3. The molecule has 0 radical (unpaired) electrons. The van der Waals surface area contributed by atoms with E-state index < -0.39 is 0 Å². The van der Waals surface area contributed by atoms with E-state index in [2.05, 4.69) is 20.5 Å². The molecule has 3 rings (SSSR count). The van der Waals surface area contributed by atoms with E-state index in [1.165, 1.54) is 17.3 Å². The fourth-order valence-electron chi connectivity index (χ4n) is 2.37. The molecule has 0 saturated carbocycles. The maximum absolute atomic E-state index is 12.2. The third-order valence-corrected chi connectivity index (χ3v) is 4.65. The summed E-state index contributed by atoms with van der Waals surface area (Å²) in [5.41, 5.74) is 2.71. The molecule has 2 aromatic carbocycles. The number of benzene rings is 2. The number of hydrogen-bond donors (Lipinski definition) is 2. The number of ether oxygens (including phenoxy) is 2. The smallest absolute Gasteiger partial charge is 0.234 e. The minimum Gasteiger partial charge on any atom is -0.497 e. The number of rotatable bonds is 7. The number of thioether (sulfide) groups is 1. The van der Waals surface area contributed by atoms with Crippen molar-refractivity contribution in [2.45, 2.75) is 12.1 Å². The SMILES string of the molecule is COc1ccc(NC(=O)CSc2n[nH]c(-c3ccc(C)cc3)n2)c(OC)c1. The summed E-state index contributed by atoms with van der Waals surface area (Å²) in [5.74, 6) is 1.87. The van der Waals surface area contributed by atoms with Gasteiger partial charge in [-0.05, 0) is 19.1 Å². The summed E-state index contributed by atoms with van der Waals surface area (Å²) in [6.07, 6.45) is 0. The Morgan fingerprint density at radius 1 is 1.15 bits per heavy atom. The van der Waals surface area contributed by atoms with Gasteiger partial charge in [0.2, 0.25) is 11.1 Å². The third kappa shape index (κ3) is 4.79. The molecule has 0 fully saturated rings. The van der Waals surface area contributed by atoms with Crippen molar-refractivity contribution in [1.29, 1.82) is 0 Å². The first-order chi connectivity index (χ1) is 13.1. The molecule has 0 aliphatic rings. The van der Waals surface area contributed by atoms with Crippen molar-refractivity contribution in [3.05, 3.63) is 48.0 Å². The molecule has 1 aromatic heterocycles. The van der Waals surface area contributed by atoms with Gasteiger partial charge in [0.25, 0.3) is 0 Å². The predicted octanol–water partition coefficient (Wildman–Crippen LogP) is 3.53. The van der Waals surface area contributed by atoms with Crippen molar-refractivity contribution in [1.82, 2.24) is 15.2 Å². The van der Waals surface area contributed by atoms with Gasteiger partial charge in [-0.25, -0.2) is 4.98 Å². The Morgan fingerprint density at radius 2 is 1.93 bits per heavy atom. The Morgan fingerprint density at radius 3 is 2.63 bits per heavy atom. The molecular weight excluding hydrogens is 364 g/mol. The lowest BCUT2D eigenvalue weighted by Gasteiger charge is -2.11. The first-order valence-corrected chi connectivity index (χ1v) is 9.21. The maximum Gasteiger partial charge on any atom is 0.234 e. The van der Waals surface area contributed by atoms with Crippen LogP contribution in [0.1, 0.15) is 5.56 Å². The number of carbonyl (C=O) groups excluding carboxylic acids is 1. The average molecular weight is 384 g/mol. The zero-order valence-corrected chi connectivity index (χ0v) is 16.1. The molecule has 0 bridgehead atoms. The highest BCUT2D eigenvalue weighted by Gasteiger charge is 2.12. The lowest BCUT2D eigenvalue weighted by atomic mass is 10.1. The Hall–Kier alpha value is -3.00. The van der Waals surface area contributed by atoms with Crippen LogP contribution in [0.25, 0.3) is 11.4 Å². The van der Waals surface area contributed by atoms with Crippen molar-refractivity contribution in [2.75, 3.05) is 25.3 Å². The van der Waals surface area contributed by atoms with Gasteiger partial charge in [-0.1, -0.05) is 41.6 Å². The number of aromatic amines is 1. The van der Waals surface area contributed by atoms with E-state index in [4.69, 9.17) is 9.47 Å². The third-order valence-electron chi connectivity index (χ3n) is 3.81. The minimum atomic E-state index is -0.176. The summed E-state index contributed by atoms with van der Waals surface area (Å²) in [6.45, 7) is 2.03. The van der Waals surface area contributed by atoms with E-state index in [0.29, 0.717) is 28.2 Å². The minimum absolute atomic E-state index is 0.176. The van der Waals surface area contributed by atoms with Crippen LogP contribution in [0.2, 0.25) is 0 Å². The van der Waals surface area contributed by atoms with Crippen LogP contribution < -0.4 is 14.8 Å². The number of anilines is 1. The van der Waals surface area contributed by atoms with E-state index in [-0.39, 0.29) is 11.7 Å². The first-order valence-electron chi connectivity index (χ1n) is 8.23. The van der Waals surface area contributed by atoms with Gasteiger partial charge in [0.15, 0.2) is 5.82 Å². The van der Waals surface area contributed by atoms with E-state index in [9.17, 15) is 4.79 Å². The van der Waals surface area contributed by atoms with Crippen LogP contribution in [-0.4, -0.2) is 41.1 Å². The van der Waals surface area contributed by atoms with Crippen LogP contribution in [0.5, 0.6) is 11.5 Å². The highest BCUT2D eigenvalue weighted by molar-refractivity contribution is 7.99. The Balaban J connectivity index is 1.59. The predicted molar refractivity (Wildman–Crippen MR) is 105 cm³/mol. The molecule has 1 amide bonds. The van der Waals surface area contributed by atoms with E-state index in [0.717, 1.165) is 5.56 Å². The van der Waals surface area contributed by atoms with Gasteiger partial charge < -0.3 is 14.8 Å². The van der Waals surface area contributed by atoms with E-state index in [1.807, 2.05) is 31.2 Å². The molecule has 7 nitrogen and oxygen atoms in total. The van der Waals surface area contributed by atoms with E-state index in [1.54, 1.807) is 32.4 Å². The Labute approximate surface area is 161 Å². The maximum atomic E-state index is 12.2. The van der Waals surface area contributed by atoms with Crippen molar-refractivity contribution < 1.29 is 14.3 Å². The topological polar surface area (TPSA) is 89.1 Å². The van der Waals surface area contributed by atoms with Gasteiger partial charge in [0.05, 0.1) is 25.7 Å². The Kier molecular flexibility index (Phi) is 5.97. The van der Waals surface area contributed by atoms with Gasteiger partial charge in [-0.15, -0.1) is 5.10 Å². The zero-order valence-electron chi connectivity index (χ0n) is 15.3. The summed E-state index contributed by atoms with van der Waals surface area (Å²) < 4.78 is 10.4. The van der Waals surface area contributed by atoms with Crippen LogP contribution in [0, 0.1) is 6.92 Å². The second kappa shape index (κ2) is 8.59. The van der Waals surface area contributed by atoms with Crippen LogP contribution in [-0.2, 0) is 4.79 Å². The van der Waals surface area contributed by atoms with Gasteiger partial charge in [-0.2, -0.15) is 0 Å². The zero-order chi connectivity index (χ0) is 19.2. The van der Waals surface area contributed by atoms with Crippen LogP contribution in [0.4, 0.5) is 5.69 Å². The molecule has 0 atom stereocenters. The molecule has 0 aliphatic heterocycles. The highest BCUT2D eigenvalue weighted by Crippen LogP contribution is 2.29. The van der Waals surface area contributed by atoms with Crippen LogP contribution >= 0.6 is 11.8 Å². The van der Waals surface area contributed by atoms with Gasteiger partial charge in [-0.3, -0.25) is 9.89 Å². The quantitative estimate of drug-likeness (QED) is 0.606. The average Bonchev–Trinajstić information content (AvgIpc) is 3.16. The molecule has 140 valence electrons.